The topological polar surface area (TPSA) is 53.0 Å². The molecular weight excluding hydrogens is 232 g/mol. The maximum atomic E-state index is 12.5. The standard InChI is InChI=1S/C13H24N2O3/c1-14-6-3-7-15(10-11-4-2-9-18-11)13(17)12(14)5-8-16/h11-12,16H,2-10H2,1H3. The number of rotatable bonds is 4. The molecule has 5 nitrogen and oxygen atoms in total. The van der Waals surface area contributed by atoms with Crippen molar-refractivity contribution in [1.29, 1.82) is 0 Å². The van der Waals surface area contributed by atoms with Crippen LogP contribution in [0.1, 0.15) is 25.7 Å². The predicted octanol–water partition coefficient (Wildman–Crippen LogP) is 0.0805. The monoisotopic (exact) mass is 256 g/mol. The van der Waals surface area contributed by atoms with Crippen molar-refractivity contribution >= 4 is 5.91 Å². The van der Waals surface area contributed by atoms with Crippen molar-refractivity contribution in [3.05, 3.63) is 0 Å². The largest absolute Gasteiger partial charge is 0.396 e. The first-order valence-electron chi connectivity index (χ1n) is 6.94. The smallest absolute Gasteiger partial charge is 0.240 e. The molecule has 2 aliphatic heterocycles. The molecule has 0 bridgehead atoms. The number of amides is 1. The molecule has 0 aromatic carbocycles. The molecule has 0 aliphatic carbocycles. The summed E-state index contributed by atoms with van der Waals surface area (Å²) in [5.41, 5.74) is 0. The molecule has 2 unspecified atom stereocenters. The van der Waals surface area contributed by atoms with Gasteiger partial charge in [-0.25, -0.2) is 0 Å². The van der Waals surface area contributed by atoms with E-state index >= 15 is 0 Å². The van der Waals surface area contributed by atoms with Crippen molar-refractivity contribution in [2.24, 2.45) is 0 Å². The molecule has 2 aliphatic rings. The second-order valence-electron chi connectivity index (χ2n) is 5.28. The van der Waals surface area contributed by atoms with Gasteiger partial charge in [0, 0.05) is 32.8 Å². The third-order valence-corrected chi connectivity index (χ3v) is 3.92. The summed E-state index contributed by atoms with van der Waals surface area (Å²) in [4.78, 5) is 16.4. The van der Waals surface area contributed by atoms with Gasteiger partial charge in [0.1, 0.15) is 0 Å². The first-order valence-corrected chi connectivity index (χ1v) is 6.94. The van der Waals surface area contributed by atoms with Crippen LogP contribution in [0.5, 0.6) is 0 Å². The molecule has 0 saturated carbocycles. The van der Waals surface area contributed by atoms with Crippen LogP contribution in [0.15, 0.2) is 0 Å². The number of carbonyl (C=O) groups is 1. The highest BCUT2D eigenvalue weighted by Crippen LogP contribution is 2.17. The van der Waals surface area contributed by atoms with Crippen LogP contribution in [0.25, 0.3) is 0 Å². The van der Waals surface area contributed by atoms with E-state index in [0.717, 1.165) is 39.0 Å². The van der Waals surface area contributed by atoms with E-state index < -0.39 is 0 Å². The summed E-state index contributed by atoms with van der Waals surface area (Å²) >= 11 is 0. The molecule has 0 radical (unpaired) electrons. The molecule has 2 atom stereocenters. The van der Waals surface area contributed by atoms with Gasteiger partial charge in [0.2, 0.25) is 5.91 Å². The Bertz CT molecular complexity index is 279. The second kappa shape index (κ2) is 6.50. The van der Waals surface area contributed by atoms with E-state index in [1.807, 2.05) is 11.9 Å². The van der Waals surface area contributed by atoms with Crippen LogP contribution < -0.4 is 0 Å². The summed E-state index contributed by atoms with van der Waals surface area (Å²) in [5, 5.41) is 9.09. The second-order valence-corrected chi connectivity index (χ2v) is 5.28. The SMILES string of the molecule is CN1CCCN(CC2CCCO2)C(=O)C1CCO. The average molecular weight is 256 g/mol. The van der Waals surface area contributed by atoms with Crippen molar-refractivity contribution in [3.63, 3.8) is 0 Å². The van der Waals surface area contributed by atoms with Crippen LogP contribution in [0, 0.1) is 0 Å². The zero-order valence-corrected chi connectivity index (χ0v) is 11.2. The van der Waals surface area contributed by atoms with E-state index in [1.165, 1.54) is 0 Å². The summed E-state index contributed by atoms with van der Waals surface area (Å²) < 4.78 is 5.61. The Kier molecular flexibility index (Phi) is 4.97. The minimum absolute atomic E-state index is 0.0640. The van der Waals surface area contributed by atoms with Gasteiger partial charge in [0.15, 0.2) is 0 Å². The summed E-state index contributed by atoms with van der Waals surface area (Å²) in [6, 6.07) is -0.168. The van der Waals surface area contributed by atoms with E-state index in [9.17, 15) is 4.79 Å². The number of hydrogen-bond donors (Lipinski definition) is 1. The minimum Gasteiger partial charge on any atom is -0.396 e. The summed E-state index contributed by atoms with van der Waals surface area (Å²) in [6.07, 6.45) is 3.90. The van der Waals surface area contributed by atoms with E-state index in [1.54, 1.807) is 0 Å². The first-order chi connectivity index (χ1) is 8.72. The Morgan fingerprint density at radius 1 is 1.39 bits per heavy atom. The van der Waals surface area contributed by atoms with Crippen molar-refractivity contribution in [1.82, 2.24) is 9.80 Å². The fourth-order valence-corrected chi connectivity index (χ4v) is 2.86. The van der Waals surface area contributed by atoms with Crippen LogP contribution >= 0.6 is 0 Å². The number of ether oxygens (including phenoxy) is 1. The molecule has 0 spiro atoms. The highest BCUT2D eigenvalue weighted by molar-refractivity contribution is 5.82. The normalized spacial score (nSPS) is 30.8. The maximum absolute atomic E-state index is 12.5. The van der Waals surface area contributed by atoms with Crippen LogP contribution in [0.3, 0.4) is 0 Å². The third-order valence-electron chi connectivity index (χ3n) is 3.92. The molecule has 1 N–H and O–H groups in total. The Morgan fingerprint density at radius 3 is 2.89 bits per heavy atom. The lowest BCUT2D eigenvalue weighted by Crippen LogP contribution is -2.47. The van der Waals surface area contributed by atoms with Gasteiger partial charge in [0.05, 0.1) is 12.1 Å². The summed E-state index contributed by atoms with van der Waals surface area (Å²) in [5.74, 6) is 0.152. The quantitative estimate of drug-likeness (QED) is 0.774. The molecule has 18 heavy (non-hydrogen) atoms. The van der Waals surface area contributed by atoms with Gasteiger partial charge in [-0.2, -0.15) is 0 Å². The zero-order chi connectivity index (χ0) is 13.0. The highest BCUT2D eigenvalue weighted by Gasteiger charge is 2.32. The molecule has 2 saturated heterocycles. The van der Waals surface area contributed by atoms with Crippen molar-refractivity contribution in [2.75, 3.05) is 39.9 Å². The van der Waals surface area contributed by atoms with E-state index in [-0.39, 0.29) is 24.7 Å². The molecule has 5 heteroatoms. The Morgan fingerprint density at radius 2 is 2.22 bits per heavy atom. The Balaban J connectivity index is 1.97. The van der Waals surface area contributed by atoms with Gasteiger partial charge in [-0.15, -0.1) is 0 Å². The van der Waals surface area contributed by atoms with E-state index in [2.05, 4.69) is 4.90 Å². The molecule has 1 amide bonds. The lowest BCUT2D eigenvalue weighted by Gasteiger charge is -2.29. The summed E-state index contributed by atoms with van der Waals surface area (Å²) in [6.45, 7) is 3.33. The fraction of sp³-hybridized carbons (Fsp3) is 0.923. The van der Waals surface area contributed by atoms with Crippen LogP contribution in [0.4, 0.5) is 0 Å². The minimum atomic E-state index is -0.168. The number of nitrogens with zero attached hydrogens (tertiary/aromatic N) is 2. The van der Waals surface area contributed by atoms with Crippen molar-refractivity contribution in [3.8, 4) is 0 Å². The molecule has 2 rings (SSSR count). The zero-order valence-electron chi connectivity index (χ0n) is 11.2. The van der Waals surface area contributed by atoms with E-state index in [4.69, 9.17) is 9.84 Å². The summed E-state index contributed by atoms with van der Waals surface area (Å²) in [7, 11) is 1.97. The molecule has 0 aromatic rings. The third kappa shape index (κ3) is 3.22. The fourth-order valence-electron chi connectivity index (χ4n) is 2.86. The molecule has 2 heterocycles. The molecule has 2 fully saturated rings. The highest BCUT2D eigenvalue weighted by atomic mass is 16.5. The molecule has 0 aromatic heterocycles. The molecule has 104 valence electrons. The number of aliphatic hydroxyl groups excluding tert-OH is 1. The Labute approximate surface area is 109 Å². The van der Waals surface area contributed by atoms with Gasteiger partial charge < -0.3 is 14.7 Å². The number of aliphatic hydroxyl groups is 1. The van der Waals surface area contributed by atoms with Crippen molar-refractivity contribution in [2.45, 2.75) is 37.8 Å². The Hall–Kier alpha value is -0.650. The van der Waals surface area contributed by atoms with Gasteiger partial charge >= 0.3 is 0 Å². The van der Waals surface area contributed by atoms with Gasteiger partial charge in [0.25, 0.3) is 0 Å². The number of likely N-dealkylation sites (N-methyl/N-ethyl adjacent to an activating group) is 1. The number of carbonyl (C=O) groups excluding carboxylic acids is 1. The van der Waals surface area contributed by atoms with Gasteiger partial charge in [-0.05, 0) is 32.7 Å². The van der Waals surface area contributed by atoms with Crippen molar-refractivity contribution < 1.29 is 14.6 Å². The van der Waals surface area contributed by atoms with E-state index in [0.29, 0.717) is 13.0 Å². The van der Waals surface area contributed by atoms with Crippen LogP contribution in [-0.4, -0.2) is 72.9 Å². The maximum Gasteiger partial charge on any atom is 0.240 e. The first kappa shape index (κ1) is 13.8. The van der Waals surface area contributed by atoms with Gasteiger partial charge in [-0.3, -0.25) is 9.69 Å². The number of hydrogen-bond acceptors (Lipinski definition) is 4. The van der Waals surface area contributed by atoms with Gasteiger partial charge in [-0.1, -0.05) is 0 Å². The lowest BCUT2D eigenvalue weighted by atomic mass is 10.1. The van der Waals surface area contributed by atoms with Crippen LogP contribution in [-0.2, 0) is 9.53 Å². The molecular formula is C13H24N2O3. The van der Waals surface area contributed by atoms with Crippen LogP contribution in [0.2, 0.25) is 0 Å². The average Bonchev–Trinajstić information content (AvgIpc) is 2.82. The lowest BCUT2D eigenvalue weighted by molar-refractivity contribution is -0.137. The predicted molar refractivity (Wildman–Crippen MR) is 68.3 cm³/mol.